The molecule has 0 aliphatic heterocycles. The Morgan fingerprint density at radius 2 is 0.857 bits per heavy atom. The summed E-state index contributed by atoms with van der Waals surface area (Å²) in [5.74, 6) is 0. The number of hydrogen-bond donors (Lipinski definition) is 0. The first-order valence-corrected chi connectivity index (χ1v) is 19.2. The first kappa shape index (κ1) is 32.0. The highest BCUT2D eigenvalue weighted by Crippen LogP contribution is 2.49. The summed E-state index contributed by atoms with van der Waals surface area (Å²) in [6.07, 6.45) is 0. The highest BCUT2D eigenvalue weighted by atomic mass is 16.3. The minimum Gasteiger partial charge on any atom is -0.455 e. The maximum atomic E-state index is 6.91. The van der Waals surface area contributed by atoms with E-state index in [-0.39, 0.29) is 0 Å². The molecule has 10 aromatic carbocycles. The molecule has 0 unspecified atom stereocenters. The van der Waals surface area contributed by atoms with Crippen LogP contribution in [-0.4, -0.2) is 0 Å². The standard InChI is InChI=1S/C54H35NO/c1-2-14-36(15-3-1)42-20-8-9-21-43(42)39-30-32-41(33-31-39)55(49-26-13-19-40-29-28-38-17-5-7-23-45(38)52(40)49)50-35-34-47(46-25-12-18-37-16-4-6-22-44(37)46)54-53(50)48-24-10-11-27-51(48)56-54/h1-35H. The zero-order valence-electron chi connectivity index (χ0n) is 30.6. The Hall–Kier alpha value is -7.42. The molecule has 0 saturated heterocycles. The summed E-state index contributed by atoms with van der Waals surface area (Å²) in [5, 5.41) is 9.42. The molecule has 0 amide bonds. The number of furan rings is 1. The van der Waals surface area contributed by atoms with E-state index in [0.717, 1.165) is 50.1 Å². The van der Waals surface area contributed by atoms with Crippen molar-refractivity contribution in [3.8, 4) is 33.4 Å². The molecular weight excluding hydrogens is 679 g/mol. The minimum atomic E-state index is 0.868. The van der Waals surface area contributed by atoms with Crippen molar-refractivity contribution in [3.05, 3.63) is 212 Å². The SMILES string of the molecule is c1ccc(-c2ccccc2-c2ccc(N(c3cccc4ccc5ccccc5c34)c3ccc(-c4cccc5ccccc45)c4oc5ccccc5c34)cc2)cc1. The molecule has 2 nitrogen and oxygen atoms in total. The Labute approximate surface area is 325 Å². The summed E-state index contributed by atoms with van der Waals surface area (Å²) < 4.78 is 6.91. The van der Waals surface area contributed by atoms with Crippen LogP contribution >= 0.6 is 0 Å². The number of benzene rings is 10. The number of fused-ring (bicyclic) bond motifs is 7. The molecule has 11 aromatic rings. The van der Waals surface area contributed by atoms with E-state index in [2.05, 4.69) is 217 Å². The highest BCUT2D eigenvalue weighted by Gasteiger charge is 2.24. The normalized spacial score (nSPS) is 11.6. The molecule has 0 atom stereocenters. The molecule has 0 spiro atoms. The van der Waals surface area contributed by atoms with Crippen molar-refractivity contribution in [2.45, 2.75) is 0 Å². The monoisotopic (exact) mass is 713 g/mol. The maximum Gasteiger partial charge on any atom is 0.145 e. The van der Waals surface area contributed by atoms with Gasteiger partial charge in [-0.05, 0) is 91.1 Å². The third-order valence-electron chi connectivity index (χ3n) is 11.3. The Morgan fingerprint density at radius 3 is 1.66 bits per heavy atom. The molecule has 0 radical (unpaired) electrons. The highest BCUT2D eigenvalue weighted by molar-refractivity contribution is 6.21. The Kier molecular flexibility index (Phi) is 7.53. The first-order valence-electron chi connectivity index (χ1n) is 19.2. The fraction of sp³-hybridized carbons (Fsp3) is 0. The van der Waals surface area contributed by atoms with Gasteiger partial charge in [0, 0.05) is 22.0 Å². The fourth-order valence-corrected chi connectivity index (χ4v) is 8.70. The van der Waals surface area contributed by atoms with Crippen LogP contribution in [-0.2, 0) is 0 Å². The van der Waals surface area contributed by atoms with E-state index in [1.807, 2.05) is 0 Å². The Balaban J connectivity index is 1.19. The second-order valence-electron chi connectivity index (χ2n) is 14.4. The number of hydrogen-bond acceptors (Lipinski definition) is 2. The van der Waals surface area contributed by atoms with Gasteiger partial charge in [0.25, 0.3) is 0 Å². The fourth-order valence-electron chi connectivity index (χ4n) is 8.70. The summed E-state index contributed by atoms with van der Waals surface area (Å²) in [6.45, 7) is 0. The minimum absolute atomic E-state index is 0.868. The summed E-state index contributed by atoms with van der Waals surface area (Å²) >= 11 is 0. The second kappa shape index (κ2) is 13.2. The molecule has 0 bridgehead atoms. The van der Waals surface area contributed by atoms with Crippen LogP contribution in [0.5, 0.6) is 0 Å². The molecule has 2 heteroatoms. The van der Waals surface area contributed by atoms with Crippen LogP contribution in [0.25, 0.3) is 87.6 Å². The van der Waals surface area contributed by atoms with Crippen molar-refractivity contribution in [1.29, 1.82) is 0 Å². The number of nitrogens with zero attached hydrogens (tertiary/aromatic N) is 1. The van der Waals surface area contributed by atoms with Crippen molar-refractivity contribution in [2.75, 3.05) is 4.90 Å². The van der Waals surface area contributed by atoms with Crippen molar-refractivity contribution in [2.24, 2.45) is 0 Å². The molecule has 0 saturated carbocycles. The topological polar surface area (TPSA) is 16.4 Å². The lowest BCUT2D eigenvalue weighted by atomic mass is 9.94. The van der Waals surface area contributed by atoms with Gasteiger partial charge in [0.1, 0.15) is 11.2 Å². The van der Waals surface area contributed by atoms with Gasteiger partial charge < -0.3 is 9.32 Å². The Bertz CT molecular complexity index is 3240. The van der Waals surface area contributed by atoms with Crippen LogP contribution in [0.1, 0.15) is 0 Å². The van der Waals surface area contributed by atoms with Gasteiger partial charge >= 0.3 is 0 Å². The van der Waals surface area contributed by atoms with Gasteiger partial charge in [-0.3, -0.25) is 0 Å². The van der Waals surface area contributed by atoms with Gasteiger partial charge in [-0.25, -0.2) is 0 Å². The van der Waals surface area contributed by atoms with E-state index >= 15 is 0 Å². The van der Waals surface area contributed by atoms with Crippen molar-refractivity contribution >= 4 is 71.3 Å². The van der Waals surface area contributed by atoms with Gasteiger partial charge in [0.2, 0.25) is 0 Å². The second-order valence-corrected chi connectivity index (χ2v) is 14.4. The predicted molar refractivity (Wildman–Crippen MR) is 237 cm³/mol. The average molecular weight is 714 g/mol. The van der Waals surface area contributed by atoms with E-state index in [1.54, 1.807) is 0 Å². The zero-order valence-corrected chi connectivity index (χ0v) is 30.6. The van der Waals surface area contributed by atoms with E-state index in [9.17, 15) is 0 Å². The van der Waals surface area contributed by atoms with E-state index in [4.69, 9.17) is 4.42 Å². The lowest BCUT2D eigenvalue weighted by Gasteiger charge is -2.28. The average Bonchev–Trinajstić information content (AvgIpc) is 3.67. The van der Waals surface area contributed by atoms with E-state index < -0.39 is 0 Å². The van der Waals surface area contributed by atoms with Crippen molar-refractivity contribution in [1.82, 2.24) is 0 Å². The summed E-state index contributed by atoms with van der Waals surface area (Å²) in [4.78, 5) is 2.44. The summed E-state index contributed by atoms with van der Waals surface area (Å²) in [7, 11) is 0. The molecular formula is C54H35NO. The van der Waals surface area contributed by atoms with Crippen LogP contribution in [0.2, 0.25) is 0 Å². The van der Waals surface area contributed by atoms with Crippen LogP contribution in [0, 0.1) is 0 Å². The number of para-hydroxylation sites is 1. The maximum absolute atomic E-state index is 6.91. The van der Waals surface area contributed by atoms with Gasteiger partial charge in [-0.2, -0.15) is 0 Å². The van der Waals surface area contributed by atoms with Gasteiger partial charge in [0.15, 0.2) is 0 Å². The molecule has 0 aliphatic rings. The van der Waals surface area contributed by atoms with E-state index in [0.29, 0.717) is 0 Å². The molecule has 1 aromatic heterocycles. The van der Waals surface area contributed by atoms with Crippen molar-refractivity contribution in [3.63, 3.8) is 0 Å². The molecule has 56 heavy (non-hydrogen) atoms. The molecule has 11 rings (SSSR count). The van der Waals surface area contributed by atoms with Crippen LogP contribution in [0.3, 0.4) is 0 Å². The van der Waals surface area contributed by atoms with Crippen molar-refractivity contribution < 1.29 is 4.42 Å². The number of anilines is 3. The number of rotatable bonds is 6. The van der Waals surface area contributed by atoms with Gasteiger partial charge in [-0.1, -0.05) is 176 Å². The summed E-state index contributed by atoms with van der Waals surface area (Å²) in [6, 6.07) is 76.4. The van der Waals surface area contributed by atoms with Gasteiger partial charge in [0.05, 0.1) is 16.8 Å². The van der Waals surface area contributed by atoms with Gasteiger partial charge in [-0.15, -0.1) is 0 Å². The first-order chi connectivity index (χ1) is 27.8. The van der Waals surface area contributed by atoms with Crippen LogP contribution in [0.15, 0.2) is 217 Å². The predicted octanol–water partition coefficient (Wildman–Crippen LogP) is 15.5. The third-order valence-corrected chi connectivity index (χ3v) is 11.3. The molecule has 0 fully saturated rings. The molecule has 0 aliphatic carbocycles. The van der Waals surface area contributed by atoms with E-state index in [1.165, 1.54) is 54.6 Å². The van der Waals surface area contributed by atoms with Crippen LogP contribution < -0.4 is 4.90 Å². The summed E-state index contributed by atoms with van der Waals surface area (Å²) in [5.41, 5.74) is 12.0. The lowest BCUT2D eigenvalue weighted by molar-refractivity contribution is 0.670. The quantitative estimate of drug-likeness (QED) is 0.160. The Morgan fingerprint density at radius 1 is 0.304 bits per heavy atom. The smallest absolute Gasteiger partial charge is 0.145 e. The lowest BCUT2D eigenvalue weighted by Crippen LogP contribution is -2.11. The third kappa shape index (κ3) is 5.19. The molecule has 262 valence electrons. The van der Waals surface area contributed by atoms with Crippen LogP contribution in [0.4, 0.5) is 17.1 Å². The molecule has 0 N–H and O–H groups in total. The zero-order chi connectivity index (χ0) is 37.0. The molecule has 1 heterocycles. The largest absolute Gasteiger partial charge is 0.455 e.